The van der Waals surface area contributed by atoms with Crippen molar-refractivity contribution < 1.29 is 19.1 Å². The lowest BCUT2D eigenvalue weighted by Crippen LogP contribution is -2.07. The quantitative estimate of drug-likeness (QED) is 0.813. The predicted octanol–water partition coefficient (Wildman–Crippen LogP) is 2.78. The van der Waals surface area contributed by atoms with E-state index in [1.54, 1.807) is 13.2 Å². The Morgan fingerprint density at radius 1 is 1.30 bits per heavy atom. The Labute approximate surface area is 117 Å². The second kappa shape index (κ2) is 6.77. The minimum atomic E-state index is -1.06. The van der Waals surface area contributed by atoms with E-state index in [-0.39, 0.29) is 5.76 Å². The predicted molar refractivity (Wildman–Crippen MR) is 75.0 cm³/mol. The van der Waals surface area contributed by atoms with Gasteiger partial charge in [0.25, 0.3) is 0 Å². The number of hydrogen-bond donors (Lipinski definition) is 2. The molecule has 0 aliphatic rings. The summed E-state index contributed by atoms with van der Waals surface area (Å²) in [5, 5.41) is 12.2. The summed E-state index contributed by atoms with van der Waals surface area (Å²) in [7, 11) is 1.67. The van der Waals surface area contributed by atoms with Gasteiger partial charge in [-0.15, -0.1) is 0 Å². The zero-order valence-corrected chi connectivity index (χ0v) is 11.3. The summed E-state index contributed by atoms with van der Waals surface area (Å²) in [6, 6.07) is 9.55. The van der Waals surface area contributed by atoms with Gasteiger partial charge in [-0.25, -0.2) is 4.79 Å². The Morgan fingerprint density at radius 3 is 2.85 bits per heavy atom. The molecule has 2 aromatic rings. The lowest BCUT2D eigenvalue weighted by Gasteiger charge is -2.11. The van der Waals surface area contributed by atoms with Crippen molar-refractivity contribution in [1.82, 2.24) is 0 Å². The number of benzene rings is 1. The SMILES string of the molecule is COCCc1ccccc1NCc1ccoc1C(=O)O. The summed E-state index contributed by atoms with van der Waals surface area (Å²) in [5.74, 6) is -1.08. The molecule has 0 saturated heterocycles. The molecule has 1 aromatic heterocycles. The molecule has 5 heteroatoms. The lowest BCUT2D eigenvalue weighted by atomic mass is 10.1. The van der Waals surface area contributed by atoms with Crippen LogP contribution < -0.4 is 5.32 Å². The first-order chi connectivity index (χ1) is 9.72. The van der Waals surface area contributed by atoms with Gasteiger partial charge in [0.05, 0.1) is 12.9 Å². The highest BCUT2D eigenvalue weighted by Crippen LogP contribution is 2.18. The van der Waals surface area contributed by atoms with Crippen LogP contribution in [0.3, 0.4) is 0 Å². The van der Waals surface area contributed by atoms with Crippen LogP contribution in [0, 0.1) is 0 Å². The van der Waals surface area contributed by atoms with Crippen molar-refractivity contribution in [2.75, 3.05) is 19.0 Å². The number of nitrogens with one attached hydrogen (secondary N) is 1. The highest BCUT2D eigenvalue weighted by atomic mass is 16.5. The van der Waals surface area contributed by atoms with E-state index in [0.717, 1.165) is 17.7 Å². The lowest BCUT2D eigenvalue weighted by molar-refractivity contribution is 0.0661. The smallest absolute Gasteiger partial charge is 0.372 e. The van der Waals surface area contributed by atoms with Crippen molar-refractivity contribution in [2.24, 2.45) is 0 Å². The summed E-state index contributed by atoms with van der Waals surface area (Å²) in [6.45, 7) is 1.05. The zero-order valence-electron chi connectivity index (χ0n) is 11.3. The molecule has 0 aliphatic heterocycles. The van der Waals surface area contributed by atoms with E-state index in [1.807, 2.05) is 24.3 Å². The maximum Gasteiger partial charge on any atom is 0.372 e. The number of carbonyl (C=O) groups is 1. The molecule has 0 saturated carbocycles. The average molecular weight is 275 g/mol. The first-order valence-corrected chi connectivity index (χ1v) is 6.32. The Hall–Kier alpha value is -2.27. The fraction of sp³-hybridized carbons (Fsp3) is 0.267. The molecule has 1 heterocycles. The fourth-order valence-corrected chi connectivity index (χ4v) is 1.98. The van der Waals surface area contributed by atoms with Crippen molar-refractivity contribution in [3.05, 3.63) is 53.5 Å². The van der Waals surface area contributed by atoms with Crippen molar-refractivity contribution >= 4 is 11.7 Å². The molecule has 0 unspecified atom stereocenters. The third-order valence-corrected chi connectivity index (χ3v) is 3.00. The van der Waals surface area contributed by atoms with Crippen LogP contribution in [0.5, 0.6) is 0 Å². The highest BCUT2D eigenvalue weighted by molar-refractivity contribution is 5.86. The number of anilines is 1. The number of rotatable bonds is 7. The zero-order chi connectivity index (χ0) is 14.4. The van der Waals surface area contributed by atoms with E-state index in [4.69, 9.17) is 14.3 Å². The Bertz CT molecular complexity index is 577. The van der Waals surface area contributed by atoms with Gasteiger partial charge in [-0.2, -0.15) is 0 Å². The second-order valence-corrected chi connectivity index (χ2v) is 4.33. The van der Waals surface area contributed by atoms with Crippen LogP contribution >= 0.6 is 0 Å². The number of ether oxygens (including phenoxy) is 1. The van der Waals surface area contributed by atoms with Gasteiger partial charge in [0, 0.05) is 24.9 Å². The molecule has 2 rings (SSSR count). The third kappa shape index (κ3) is 3.39. The Kier molecular flexibility index (Phi) is 4.79. The number of aromatic carboxylic acids is 1. The number of carboxylic acid groups (broad SMARTS) is 1. The van der Waals surface area contributed by atoms with E-state index in [1.165, 1.54) is 6.26 Å². The van der Waals surface area contributed by atoms with Crippen molar-refractivity contribution in [1.29, 1.82) is 0 Å². The minimum absolute atomic E-state index is 0.0214. The van der Waals surface area contributed by atoms with Gasteiger partial charge in [-0.1, -0.05) is 18.2 Å². The molecule has 106 valence electrons. The van der Waals surface area contributed by atoms with Gasteiger partial charge < -0.3 is 19.6 Å². The minimum Gasteiger partial charge on any atom is -0.475 e. The molecule has 0 bridgehead atoms. The fourth-order valence-electron chi connectivity index (χ4n) is 1.98. The molecule has 1 aromatic carbocycles. The first kappa shape index (κ1) is 14.1. The van der Waals surface area contributed by atoms with Gasteiger partial charge >= 0.3 is 5.97 Å². The van der Waals surface area contributed by atoms with E-state index < -0.39 is 5.97 Å². The normalized spacial score (nSPS) is 10.4. The summed E-state index contributed by atoms with van der Waals surface area (Å²) >= 11 is 0. The number of furan rings is 1. The Morgan fingerprint density at radius 2 is 2.10 bits per heavy atom. The molecule has 0 amide bonds. The van der Waals surface area contributed by atoms with Gasteiger partial charge in [0.1, 0.15) is 0 Å². The van der Waals surface area contributed by atoms with Gasteiger partial charge in [-0.3, -0.25) is 0 Å². The summed E-state index contributed by atoms with van der Waals surface area (Å²) in [6.07, 6.45) is 2.19. The topological polar surface area (TPSA) is 71.7 Å². The number of carboxylic acids is 1. The Balaban J connectivity index is 2.07. The van der Waals surface area contributed by atoms with Crippen LogP contribution in [0.15, 0.2) is 41.0 Å². The second-order valence-electron chi connectivity index (χ2n) is 4.33. The van der Waals surface area contributed by atoms with Gasteiger partial charge in [0.15, 0.2) is 0 Å². The van der Waals surface area contributed by atoms with Gasteiger partial charge in [0.2, 0.25) is 5.76 Å². The van der Waals surface area contributed by atoms with Crippen LogP contribution in [0.1, 0.15) is 21.7 Å². The molecular formula is C15H17NO4. The molecule has 0 radical (unpaired) electrons. The maximum absolute atomic E-state index is 11.0. The van der Waals surface area contributed by atoms with E-state index in [9.17, 15) is 4.79 Å². The summed E-state index contributed by atoms with van der Waals surface area (Å²) in [5.41, 5.74) is 2.73. The van der Waals surface area contributed by atoms with Crippen LogP contribution in [0.25, 0.3) is 0 Å². The number of methoxy groups -OCH3 is 1. The largest absolute Gasteiger partial charge is 0.475 e. The van der Waals surface area contributed by atoms with Crippen LogP contribution in [-0.4, -0.2) is 24.8 Å². The molecule has 20 heavy (non-hydrogen) atoms. The van der Waals surface area contributed by atoms with Crippen LogP contribution in [0.2, 0.25) is 0 Å². The van der Waals surface area contributed by atoms with Crippen LogP contribution in [-0.2, 0) is 17.7 Å². The van der Waals surface area contributed by atoms with Crippen molar-refractivity contribution in [3.63, 3.8) is 0 Å². The molecular weight excluding hydrogens is 258 g/mol. The molecule has 2 N–H and O–H groups in total. The maximum atomic E-state index is 11.0. The monoisotopic (exact) mass is 275 g/mol. The van der Waals surface area contributed by atoms with Crippen LogP contribution in [0.4, 0.5) is 5.69 Å². The van der Waals surface area contributed by atoms with Crippen molar-refractivity contribution in [3.8, 4) is 0 Å². The first-order valence-electron chi connectivity index (χ1n) is 6.32. The average Bonchev–Trinajstić information content (AvgIpc) is 2.92. The molecule has 5 nitrogen and oxygen atoms in total. The summed E-state index contributed by atoms with van der Waals surface area (Å²) in [4.78, 5) is 11.0. The molecule has 0 atom stereocenters. The van der Waals surface area contributed by atoms with Gasteiger partial charge in [-0.05, 0) is 24.1 Å². The van der Waals surface area contributed by atoms with E-state index in [0.29, 0.717) is 18.7 Å². The van der Waals surface area contributed by atoms with Crippen molar-refractivity contribution in [2.45, 2.75) is 13.0 Å². The molecule has 0 aliphatic carbocycles. The highest BCUT2D eigenvalue weighted by Gasteiger charge is 2.13. The van der Waals surface area contributed by atoms with E-state index in [2.05, 4.69) is 5.32 Å². The third-order valence-electron chi connectivity index (χ3n) is 3.00. The van der Waals surface area contributed by atoms with E-state index >= 15 is 0 Å². The number of para-hydroxylation sites is 1. The molecule has 0 fully saturated rings. The standard InChI is InChI=1S/C15H17NO4/c1-19-8-6-11-4-2-3-5-13(11)16-10-12-7-9-20-14(12)15(17)18/h2-5,7,9,16H,6,8,10H2,1H3,(H,17,18). The molecule has 0 spiro atoms. The summed E-state index contributed by atoms with van der Waals surface area (Å²) < 4.78 is 10.0. The number of hydrogen-bond acceptors (Lipinski definition) is 4.